The Morgan fingerprint density at radius 1 is 1.11 bits per heavy atom. The third kappa shape index (κ3) is 3.77. The van der Waals surface area contributed by atoms with Crippen LogP contribution in [0.3, 0.4) is 0 Å². The number of nitrogens with zero attached hydrogens (tertiary/aromatic N) is 2. The minimum Gasteiger partial charge on any atom is -0.449 e. The van der Waals surface area contributed by atoms with Crippen LogP contribution in [0.15, 0.2) is 60.7 Å². The summed E-state index contributed by atoms with van der Waals surface area (Å²) in [4.78, 5) is 28.1. The van der Waals surface area contributed by atoms with Gasteiger partial charge >= 0.3 is 6.09 Å². The number of fused-ring (bicyclic) bond motifs is 1. The third-order valence-corrected chi connectivity index (χ3v) is 4.28. The topological polar surface area (TPSA) is 49.9 Å². The van der Waals surface area contributed by atoms with Crippen molar-refractivity contribution in [2.24, 2.45) is 0 Å². The van der Waals surface area contributed by atoms with Gasteiger partial charge in [0.1, 0.15) is 0 Å². The summed E-state index contributed by atoms with van der Waals surface area (Å²) in [5.41, 5.74) is 3.90. The van der Waals surface area contributed by atoms with Crippen LogP contribution in [0.25, 0.3) is 11.6 Å². The molecule has 5 heteroatoms. The first-order valence-corrected chi connectivity index (χ1v) is 8.79. The number of para-hydroxylation sites is 1. The predicted molar refractivity (Wildman–Crippen MR) is 109 cm³/mol. The van der Waals surface area contributed by atoms with Crippen molar-refractivity contribution in [3.8, 4) is 0 Å². The van der Waals surface area contributed by atoms with Crippen LogP contribution in [0.5, 0.6) is 0 Å². The van der Waals surface area contributed by atoms with Gasteiger partial charge in [-0.25, -0.2) is 9.69 Å². The second-order valence-corrected chi connectivity index (χ2v) is 6.28. The summed E-state index contributed by atoms with van der Waals surface area (Å²) in [5, 5.41) is 0. The Morgan fingerprint density at radius 2 is 1.81 bits per heavy atom. The average Bonchev–Trinajstić information content (AvgIpc) is 2.94. The van der Waals surface area contributed by atoms with Crippen LogP contribution in [-0.4, -0.2) is 32.7 Å². The maximum Gasteiger partial charge on any atom is 0.421 e. The summed E-state index contributed by atoms with van der Waals surface area (Å²) in [5.74, 6) is -0.373. The normalized spacial score (nSPS) is 14.7. The molecule has 0 saturated heterocycles. The van der Waals surface area contributed by atoms with Gasteiger partial charge in [-0.05, 0) is 36.8 Å². The van der Waals surface area contributed by atoms with Gasteiger partial charge in [0.05, 0.1) is 12.3 Å². The van der Waals surface area contributed by atoms with Crippen molar-refractivity contribution in [3.63, 3.8) is 0 Å². The van der Waals surface area contributed by atoms with Crippen LogP contribution < -0.4 is 9.80 Å². The molecule has 0 atom stereocenters. The van der Waals surface area contributed by atoms with E-state index in [1.54, 1.807) is 25.1 Å². The molecule has 27 heavy (non-hydrogen) atoms. The second kappa shape index (κ2) is 7.91. The van der Waals surface area contributed by atoms with Gasteiger partial charge in [0.2, 0.25) is 0 Å². The number of hydrogen-bond donors (Lipinski definition) is 0. The molecule has 0 unspecified atom stereocenters. The smallest absolute Gasteiger partial charge is 0.421 e. The Kier molecular flexibility index (Phi) is 5.41. The summed E-state index contributed by atoms with van der Waals surface area (Å²) in [6, 6.07) is 15.3. The molecule has 0 bridgehead atoms. The zero-order valence-corrected chi connectivity index (χ0v) is 15.7. The van der Waals surface area contributed by atoms with E-state index >= 15 is 0 Å². The average molecular weight is 362 g/mol. The Bertz CT molecular complexity index is 911. The molecular formula is C22H22N2O3. The lowest BCUT2D eigenvalue weighted by atomic mass is 10.1. The molecule has 0 aliphatic carbocycles. The first kappa shape index (κ1) is 18.5. The number of carbonyl (C=O) groups is 2. The standard InChI is InChI=1S/C22H22N2O3/c1-4-27-22(26)24-20-11-6-5-9-18(20)19(21(24)25)10-7-8-16-12-14-17(15-13-16)23(2)3/h5-15H,4H2,1-3H3/b8-7+,19-10-. The van der Waals surface area contributed by atoms with E-state index in [2.05, 4.69) is 0 Å². The number of hydrogen-bond acceptors (Lipinski definition) is 4. The van der Waals surface area contributed by atoms with Gasteiger partial charge in [0.15, 0.2) is 0 Å². The minimum absolute atomic E-state index is 0.215. The number of benzene rings is 2. The zero-order chi connectivity index (χ0) is 19.4. The quantitative estimate of drug-likeness (QED) is 0.759. The first-order valence-electron chi connectivity index (χ1n) is 8.79. The molecular weight excluding hydrogens is 340 g/mol. The number of carbonyl (C=O) groups excluding carboxylic acids is 2. The van der Waals surface area contributed by atoms with E-state index in [0.29, 0.717) is 11.3 Å². The molecule has 3 rings (SSSR count). The van der Waals surface area contributed by atoms with E-state index < -0.39 is 6.09 Å². The van der Waals surface area contributed by atoms with Crippen LogP contribution in [0.1, 0.15) is 18.1 Å². The van der Waals surface area contributed by atoms with E-state index in [-0.39, 0.29) is 12.5 Å². The maximum absolute atomic E-state index is 12.8. The highest BCUT2D eigenvalue weighted by Gasteiger charge is 2.36. The molecule has 0 saturated carbocycles. The van der Waals surface area contributed by atoms with E-state index in [1.165, 1.54) is 0 Å². The maximum atomic E-state index is 12.8. The Hall–Kier alpha value is -3.34. The van der Waals surface area contributed by atoms with Crippen molar-refractivity contribution in [1.82, 2.24) is 0 Å². The van der Waals surface area contributed by atoms with Crippen LogP contribution in [0, 0.1) is 0 Å². The molecule has 0 radical (unpaired) electrons. The van der Waals surface area contributed by atoms with Gasteiger partial charge in [-0.1, -0.05) is 42.5 Å². The monoisotopic (exact) mass is 362 g/mol. The Labute approximate surface area is 159 Å². The number of imide groups is 1. The van der Waals surface area contributed by atoms with E-state index in [4.69, 9.17) is 4.74 Å². The molecule has 1 aliphatic heterocycles. The van der Waals surface area contributed by atoms with E-state index in [0.717, 1.165) is 21.7 Å². The fourth-order valence-electron chi connectivity index (χ4n) is 2.91. The highest BCUT2D eigenvalue weighted by atomic mass is 16.6. The predicted octanol–water partition coefficient (Wildman–Crippen LogP) is 4.35. The number of ether oxygens (including phenoxy) is 1. The van der Waals surface area contributed by atoms with Crippen molar-refractivity contribution in [1.29, 1.82) is 0 Å². The summed E-state index contributed by atoms with van der Waals surface area (Å²) < 4.78 is 5.02. The summed E-state index contributed by atoms with van der Waals surface area (Å²) in [6.07, 6.45) is 4.83. The summed E-state index contributed by atoms with van der Waals surface area (Å²) in [6.45, 7) is 1.93. The fourth-order valence-corrected chi connectivity index (χ4v) is 2.91. The van der Waals surface area contributed by atoms with Crippen LogP contribution >= 0.6 is 0 Å². The molecule has 0 aromatic heterocycles. The molecule has 2 aromatic carbocycles. The highest BCUT2D eigenvalue weighted by molar-refractivity contribution is 6.39. The van der Waals surface area contributed by atoms with Crippen molar-refractivity contribution in [2.45, 2.75) is 6.92 Å². The van der Waals surface area contributed by atoms with Gasteiger partial charge in [-0.15, -0.1) is 0 Å². The van der Waals surface area contributed by atoms with Crippen molar-refractivity contribution >= 4 is 35.0 Å². The van der Waals surface area contributed by atoms with Gasteiger partial charge in [0.25, 0.3) is 5.91 Å². The number of allylic oxidation sites excluding steroid dienone is 2. The van der Waals surface area contributed by atoms with Crippen molar-refractivity contribution in [2.75, 3.05) is 30.5 Å². The Morgan fingerprint density at radius 3 is 2.48 bits per heavy atom. The van der Waals surface area contributed by atoms with E-state index in [1.807, 2.05) is 67.5 Å². The third-order valence-electron chi connectivity index (χ3n) is 4.28. The fraction of sp³-hybridized carbons (Fsp3) is 0.182. The minimum atomic E-state index is -0.651. The van der Waals surface area contributed by atoms with Gasteiger partial charge in [-0.2, -0.15) is 0 Å². The van der Waals surface area contributed by atoms with Gasteiger partial charge in [-0.3, -0.25) is 4.79 Å². The summed E-state index contributed by atoms with van der Waals surface area (Å²) >= 11 is 0. The highest BCUT2D eigenvalue weighted by Crippen LogP contribution is 2.37. The van der Waals surface area contributed by atoms with Gasteiger partial charge < -0.3 is 9.64 Å². The molecule has 0 N–H and O–H groups in total. The van der Waals surface area contributed by atoms with Crippen LogP contribution in [0.2, 0.25) is 0 Å². The van der Waals surface area contributed by atoms with Crippen molar-refractivity contribution < 1.29 is 14.3 Å². The Balaban J connectivity index is 1.87. The van der Waals surface area contributed by atoms with Crippen LogP contribution in [0.4, 0.5) is 16.2 Å². The summed E-state index contributed by atoms with van der Waals surface area (Å²) in [7, 11) is 3.99. The number of anilines is 2. The molecule has 0 spiro atoms. The number of rotatable bonds is 4. The molecule has 138 valence electrons. The first-order chi connectivity index (χ1) is 13.0. The molecule has 0 fully saturated rings. The molecule has 2 amide bonds. The molecule has 2 aromatic rings. The van der Waals surface area contributed by atoms with Crippen LogP contribution in [-0.2, 0) is 9.53 Å². The SMILES string of the molecule is CCOC(=O)N1C(=O)/C(=C\C=C\c2ccc(N(C)C)cc2)c2ccccc21. The second-order valence-electron chi connectivity index (χ2n) is 6.28. The lowest BCUT2D eigenvalue weighted by molar-refractivity contribution is -0.112. The molecule has 5 nitrogen and oxygen atoms in total. The lowest BCUT2D eigenvalue weighted by Gasteiger charge is -2.13. The largest absolute Gasteiger partial charge is 0.449 e. The van der Waals surface area contributed by atoms with Gasteiger partial charge in [0, 0.05) is 30.9 Å². The molecule has 1 aliphatic rings. The van der Waals surface area contributed by atoms with E-state index in [9.17, 15) is 9.59 Å². The zero-order valence-electron chi connectivity index (χ0n) is 15.7. The molecule has 1 heterocycles. The van der Waals surface area contributed by atoms with Crippen molar-refractivity contribution in [3.05, 3.63) is 71.8 Å². The lowest BCUT2D eigenvalue weighted by Crippen LogP contribution is -2.33. The number of amides is 2.